The largest absolute Gasteiger partial charge is 0.507 e. The molecule has 0 spiro atoms. The lowest BCUT2D eigenvalue weighted by Crippen LogP contribution is -2.14. The van der Waals surface area contributed by atoms with Gasteiger partial charge in [-0.3, -0.25) is 4.79 Å². The van der Waals surface area contributed by atoms with Gasteiger partial charge in [0.1, 0.15) is 17.1 Å². The van der Waals surface area contributed by atoms with Crippen LogP contribution in [0.1, 0.15) is 16.1 Å². The van der Waals surface area contributed by atoms with Crippen LogP contribution in [0.15, 0.2) is 27.4 Å². The maximum absolute atomic E-state index is 11.8. The molecule has 0 atom stereocenters. The number of alkyl halides is 3. The predicted octanol–water partition coefficient (Wildman–Crippen LogP) is 1.96. The highest BCUT2D eigenvalue weighted by atomic mass is 19.4. The first kappa shape index (κ1) is 13.0. The van der Waals surface area contributed by atoms with Gasteiger partial charge in [-0.15, -0.1) is 0 Å². The van der Waals surface area contributed by atoms with Gasteiger partial charge in [0, 0.05) is 12.1 Å². The molecule has 1 aromatic rings. The molecule has 0 saturated carbocycles. The van der Waals surface area contributed by atoms with Gasteiger partial charge in [-0.1, -0.05) is 0 Å². The molecule has 0 aliphatic heterocycles. The molecule has 0 unspecified atom stereocenters. The van der Waals surface area contributed by atoms with Crippen LogP contribution in [0.25, 0.3) is 0 Å². The quantitative estimate of drug-likeness (QED) is 0.641. The van der Waals surface area contributed by atoms with Crippen LogP contribution in [0.2, 0.25) is 0 Å². The fourth-order valence-electron chi connectivity index (χ4n) is 1.08. The van der Waals surface area contributed by atoms with Crippen LogP contribution < -0.4 is 5.63 Å². The Bertz CT molecular complexity index is 525. The fourth-order valence-corrected chi connectivity index (χ4v) is 1.08. The molecule has 0 aliphatic carbocycles. The van der Waals surface area contributed by atoms with Gasteiger partial charge in [-0.2, -0.15) is 13.2 Å². The first-order valence-corrected chi connectivity index (χ1v) is 4.35. The van der Waals surface area contributed by atoms with Crippen LogP contribution in [0.5, 0.6) is 5.75 Å². The van der Waals surface area contributed by atoms with Crippen LogP contribution in [-0.4, -0.2) is 17.1 Å². The predicted molar refractivity (Wildman–Crippen MR) is 50.9 cm³/mol. The number of aromatic hydroxyl groups is 1. The Labute approximate surface area is 93.0 Å². The molecule has 0 radical (unpaired) electrons. The summed E-state index contributed by atoms with van der Waals surface area (Å²) in [5.41, 5.74) is -2.00. The summed E-state index contributed by atoms with van der Waals surface area (Å²) in [4.78, 5) is 22.4. The van der Waals surface area contributed by atoms with E-state index in [0.29, 0.717) is 0 Å². The number of ketones is 1. The molecule has 0 aliphatic rings. The summed E-state index contributed by atoms with van der Waals surface area (Å²) >= 11 is 0. The Balaban J connectivity index is 3.15. The maximum atomic E-state index is 11.8. The smallest absolute Gasteiger partial charge is 0.409 e. The van der Waals surface area contributed by atoms with Crippen LogP contribution in [0.3, 0.4) is 0 Å². The molecule has 1 heterocycles. The van der Waals surface area contributed by atoms with Crippen LogP contribution in [0.4, 0.5) is 13.2 Å². The van der Waals surface area contributed by atoms with E-state index in [4.69, 9.17) is 0 Å². The van der Waals surface area contributed by atoms with Crippen LogP contribution in [-0.2, 0) is 0 Å². The zero-order valence-electron chi connectivity index (χ0n) is 8.54. The first-order chi connectivity index (χ1) is 7.70. The van der Waals surface area contributed by atoms with Gasteiger partial charge in [0.05, 0.1) is 0 Å². The molecule has 0 fully saturated rings. The van der Waals surface area contributed by atoms with E-state index in [0.717, 1.165) is 6.07 Å². The maximum Gasteiger partial charge on any atom is 0.409 e. The third kappa shape index (κ3) is 3.47. The van der Waals surface area contributed by atoms with E-state index < -0.39 is 28.9 Å². The molecule has 0 aromatic carbocycles. The first-order valence-electron chi connectivity index (χ1n) is 4.35. The van der Waals surface area contributed by atoms with Crippen LogP contribution >= 0.6 is 0 Å². The van der Waals surface area contributed by atoms with E-state index in [1.54, 1.807) is 0 Å². The third-order valence-corrected chi connectivity index (χ3v) is 1.72. The summed E-state index contributed by atoms with van der Waals surface area (Å²) in [6.07, 6.45) is -4.84. The molecule has 1 aromatic heterocycles. The van der Waals surface area contributed by atoms with E-state index >= 15 is 0 Å². The normalized spacial score (nSPS) is 12.0. The molecule has 1 rings (SSSR count). The van der Waals surface area contributed by atoms with Gasteiger partial charge in [0.15, 0.2) is 5.78 Å². The Kier molecular flexibility index (Phi) is 3.40. The monoisotopic (exact) mass is 248 g/mol. The van der Waals surface area contributed by atoms with Crippen molar-refractivity contribution in [3.63, 3.8) is 0 Å². The Morgan fingerprint density at radius 3 is 2.53 bits per heavy atom. The van der Waals surface area contributed by atoms with Gasteiger partial charge in [-0.05, 0) is 13.0 Å². The molecule has 92 valence electrons. The number of hydrogen-bond acceptors (Lipinski definition) is 4. The van der Waals surface area contributed by atoms with Gasteiger partial charge < -0.3 is 9.52 Å². The number of allylic oxidation sites excluding steroid dienone is 2. The topological polar surface area (TPSA) is 67.5 Å². The minimum absolute atomic E-state index is 0.0452. The Morgan fingerprint density at radius 1 is 1.47 bits per heavy atom. The van der Waals surface area contributed by atoms with Crippen molar-refractivity contribution < 1.29 is 27.5 Å². The molecule has 0 saturated heterocycles. The highest BCUT2D eigenvalue weighted by molar-refractivity contribution is 6.06. The molecule has 4 nitrogen and oxygen atoms in total. The van der Waals surface area contributed by atoms with Crippen molar-refractivity contribution in [2.75, 3.05) is 0 Å². The second-order valence-corrected chi connectivity index (χ2v) is 3.14. The summed E-state index contributed by atoms with van der Waals surface area (Å²) in [5, 5.41) is 9.28. The van der Waals surface area contributed by atoms with Crippen LogP contribution in [0, 0.1) is 6.92 Å². The number of halogens is 3. The van der Waals surface area contributed by atoms with Crippen molar-refractivity contribution in [3.8, 4) is 5.75 Å². The Morgan fingerprint density at radius 2 is 2.06 bits per heavy atom. The molecule has 1 N–H and O–H groups in total. The number of rotatable bonds is 2. The average molecular weight is 248 g/mol. The lowest BCUT2D eigenvalue weighted by Gasteiger charge is -2.00. The van der Waals surface area contributed by atoms with E-state index in [2.05, 4.69) is 4.42 Å². The van der Waals surface area contributed by atoms with Crippen molar-refractivity contribution in [3.05, 3.63) is 40.0 Å². The zero-order valence-corrected chi connectivity index (χ0v) is 8.54. The molecular formula is C10H7F3O4. The van der Waals surface area contributed by atoms with E-state index in [-0.39, 0.29) is 17.9 Å². The molecule has 17 heavy (non-hydrogen) atoms. The lowest BCUT2D eigenvalue weighted by atomic mass is 10.1. The second kappa shape index (κ2) is 4.44. The minimum Gasteiger partial charge on any atom is -0.507 e. The summed E-state index contributed by atoms with van der Waals surface area (Å²) < 4.78 is 39.9. The van der Waals surface area contributed by atoms with Crippen molar-refractivity contribution >= 4 is 5.78 Å². The third-order valence-electron chi connectivity index (χ3n) is 1.72. The van der Waals surface area contributed by atoms with E-state index in [1.807, 2.05) is 0 Å². The highest BCUT2D eigenvalue weighted by Gasteiger charge is 2.24. The number of aryl methyl sites for hydroxylation is 1. The molecular weight excluding hydrogens is 241 g/mol. The van der Waals surface area contributed by atoms with Crippen molar-refractivity contribution in [1.29, 1.82) is 0 Å². The fraction of sp³-hybridized carbons (Fsp3) is 0.200. The summed E-state index contributed by atoms with van der Waals surface area (Å²) in [5.74, 6) is -1.94. The van der Waals surface area contributed by atoms with Crippen molar-refractivity contribution in [2.24, 2.45) is 0 Å². The molecule has 0 amide bonds. The highest BCUT2D eigenvalue weighted by Crippen LogP contribution is 2.19. The molecule has 7 heteroatoms. The zero-order chi connectivity index (χ0) is 13.2. The van der Waals surface area contributed by atoms with Gasteiger partial charge in [0.25, 0.3) is 0 Å². The number of carbonyl (C=O) groups excluding carboxylic acids is 1. The van der Waals surface area contributed by atoms with Gasteiger partial charge >= 0.3 is 11.8 Å². The van der Waals surface area contributed by atoms with E-state index in [9.17, 15) is 27.9 Å². The minimum atomic E-state index is -4.67. The lowest BCUT2D eigenvalue weighted by molar-refractivity contribution is -0.0799. The summed E-state index contributed by atoms with van der Waals surface area (Å²) in [6, 6.07) is 0.968. The summed E-state index contributed by atoms with van der Waals surface area (Å²) in [7, 11) is 0. The average Bonchev–Trinajstić information content (AvgIpc) is 2.11. The second-order valence-electron chi connectivity index (χ2n) is 3.14. The molecule has 0 bridgehead atoms. The standard InChI is InChI=1S/C10H7F3O4/c1-5-4-7(15)8(9(16)17-5)6(14)2-3-10(11,12)13/h2-4,15H,1H3. The van der Waals surface area contributed by atoms with Gasteiger partial charge in [-0.25, -0.2) is 4.79 Å². The SMILES string of the molecule is Cc1cc(O)c(C(=O)C=CC(F)(F)F)c(=O)o1. The van der Waals surface area contributed by atoms with Crippen molar-refractivity contribution in [2.45, 2.75) is 13.1 Å². The number of carbonyl (C=O) groups is 1. The number of hydrogen-bond donors (Lipinski definition) is 1. The summed E-state index contributed by atoms with van der Waals surface area (Å²) in [6.45, 7) is 1.35. The van der Waals surface area contributed by atoms with Crippen molar-refractivity contribution in [1.82, 2.24) is 0 Å². The van der Waals surface area contributed by atoms with Gasteiger partial charge in [0.2, 0.25) is 0 Å². The Hall–Kier alpha value is -2.05. The van der Waals surface area contributed by atoms with E-state index in [1.165, 1.54) is 6.92 Å².